The summed E-state index contributed by atoms with van der Waals surface area (Å²) in [6.07, 6.45) is 0. The molecule has 1 aromatic heterocycles. The molecule has 36 heavy (non-hydrogen) atoms. The summed E-state index contributed by atoms with van der Waals surface area (Å²) in [7, 11) is 1.60. The van der Waals surface area contributed by atoms with Crippen molar-refractivity contribution in [2.24, 2.45) is 0 Å². The molecule has 4 aromatic rings. The standard InChI is InChI=1S/C26H21N3O5S2/c1-34-18-8-4-6-16(12-18)22-14-36-26(28-22)29-23(30)15-35-19-9-5-7-17(13-19)27-24(31)20-10-2-3-11-21(20)25(32)33/h2-14H,15H2,1H3,(H,27,31)(H,32,33)(H,28,29,30). The minimum Gasteiger partial charge on any atom is -0.497 e. The van der Waals surface area contributed by atoms with Crippen LogP contribution in [0.3, 0.4) is 0 Å². The highest BCUT2D eigenvalue weighted by Gasteiger charge is 2.16. The van der Waals surface area contributed by atoms with Crippen LogP contribution in [0.2, 0.25) is 0 Å². The topological polar surface area (TPSA) is 118 Å². The molecule has 0 aliphatic carbocycles. The maximum atomic E-state index is 12.6. The number of carboxylic acid groups (broad SMARTS) is 1. The molecule has 182 valence electrons. The number of amides is 2. The van der Waals surface area contributed by atoms with Gasteiger partial charge in [0.2, 0.25) is 5.91 Å². The van der Waals surface area contributed by atoms with E-state index in [0.29, 0.717) is 10.8 Å². The average Bonchev–Trinajstić information content (AvgIpc) is 3.36. The van der Waals surface area contributed by atoms with E-state index in [0.717, 1.165) is 21.9 Å². The number of hydrogen-bond acceptors (Lipinski definition) is 7. The van der Waals surface area contributed by atoms with Gasteiger partial charge in [-0.2, -0.15) is 0 Å². The van der Waals surface area contributed by atoms with Gasteiger partial charge in [-0.15, -0.1) is 23.1 Å². The van der Waals surface area contributed by atoms with Gasteiger partial charge in [-0.05, 0) is 42.5 Å². The van der Waals surface area contributed by atoms with E-state index >= 15 is 0 Å². The predicted molar refractivity (Wildman–Crippen MR) is 141 cm³/mol. The van der Waals surface area contributed by atoms with Crippen LogP contribution in [0.15, 0.2) is 83.1 Å². The zero-order valence-corrected chi connectivity index (χ0v) is 20.7. The van der Waals surface area contributed by atoms with Gasteiger partial charge in [0.1, 0.15) is 5.75 Å². The number of nitrogens with zero attached hydrogens (tertiary/aromatic N) is 1. The molecule has 0 bridgehead atoms. The van der Waals surface area contributed by atoms with E-state index in [4.69, 9.17) is 4.74 Å². The molecular weight excluding hydrogens is 498 g/mol. The van der Waals surface area contributed by atoms with E-state index in [-0.39, 0.29) is 22.8 Å². The summed E-state index contributed by atoms with van der Waals surface area (Å²) in [4.78, 5) is 41.7. The van der Waals surface area contributed by atoms with E-state index in [1.165, 1.54) is 35.2 Å². The van der Waals surface area contributed by atoms with Crippen molar-refractivity contribution < 1.29 is 24.2 Å². The number of methoxy groups -OCH3 is 1. The molecule has 0 unspecified atom stereocenters. The molecule has 0 fully saturated rings. The number of carbonyl (C=O) groups excluding carboxylic acids is 2. The number of aromatic carboxylic acids is 1. The van der Waals surface area contributed by atoms with Gasteiger partial charge in [-0.3, -0.25) is 9.59 Å². The maximum Gasteiger partial charge on any atom is 0.336 e. The molecule has 8 nitrogen and oxygen atoms in total. The first kappa shape index (κ1) is 25.0. The lowest BCUT2D eigenvalue weighted by atomic mass is 10.1. The van der Waals surface area contributed by atoms with Gasteiger partial charge in [-0.1, -0.05) is 30.3 Å². The Morgan fingerprint density at radius 1 is 0.972 bits per heavy atom. The first-order valence-electron chi connectivity index (χ1n) is 10.7. The number of anilines is 2. The molecular formula is C26H21N3O5S2. The highest BCUT2D eigenvalue weighted by Crippen LogP contribution is 2.28. The molecule has 2 amide bonds. The number of carboxylic acids is 1. The summed E-state index contributed by atoms with van der Waals surface area (Å²) in [5.41, 5.74) is 2.13. The van der Waals surface area contributed by atoms with E-state index in [1.807, 2.05) is 35.7 Å². The third kappa shape index (κ3) is 6.29. The van der Waals surface area contributed by atoms with Gasteiger partial charge in [0, 0.05) is 21.5 Å². The average molecular weight is 520 g/mol. The van der Waals surface area contributed by atoms with E-state index in [2.05, 4.69) is 15.6 Å². The second kappa shape index (κ2) is 11.5. The van der Waals surface area contributed by atoms with Crippen molar-refractivity contribution >= 4 is 51.7 Å². The number of nitrogens with one attached hydrogen (secondary N) is 2. The fourth-order valence-corrected chi connectivity index (χ4v) is 4.77. The normalized spacial score (nSPS) is 10.5. The third-order valence-electron chi connectivity index (χ3n) is 4.98. The fourth-order valence-electron chi connectivity index (χ4n) is 3.28. The van der Waals surface area contributed by atoms with Gasteiger partial charge in [0.05, 0.1) is 29.7 Å². The van der Waals surface area contributed by atoms with Crippen LogP contribution in [0.5, 0.6) is 5.75 Å². The lowest BCUT2D eigenvalue weighted by Crippen LogP contribution is -2.16. The minimum absolute atomic E-state index is 0.0687. The van der Waals surface area contributed by atoms with Crippen molar-refractivity contribution in [1.82, 2.24) is 4.98 Å². The smallest absolute Gasteiger partial charge is 0.336 e. The van der Waals surface area contributed by atoms with Crippen LogP contribution in [-0.2, 0) is 4.79 Å². The van der Waals surface area contributed by atoms with Crippen LogP contribution in [0.1, 0.15) is 20.7 Å². The van der Waals surface area contributed by atoms with Crippen molar-refractivity contribution in [2.45, 2.75) is 4.90 Å². The summed E-state index contributed by atoms with van der Waals surface area (Å²) >= 11 is 2.64. The van der Waals surface area contributed by atoms with Gasteiger partial charge < -0.3 is 20.5 Å². The molecule has 0 aliphatic rings. The highest BCUT2D eigenvalue weighted by molar-refractivity contribution is 8.00. The summed E-state index contributed by atoms with van der Waals surface area (Å²) in [5.74, 6) is -1.04. The van der Waals surface area contributed by atoms with E-state index < -0.39 is 11.9 Å². The molecule has 0 spiro atoms. The van der Waals surface area contributed by atoms with Crippen molar-refractivity contribution in [2.75, 3.05) is 23.5 Å². The largest absolute Gasteiger partial charge is 0.497 e. The number of rotatable bonds is 9. The maximum absolute atomic E-state index is 12.6. The zero-order valence-electron chi connectivity index (χ0n) is 19.1. The Kier molecular flexibility index (Phi) is 7.99. The number of hydrogen-bond donors (Lipinski definition) is 3. The molecule has 0 saturated carbocycles. The monoisotopic (exact) mass is 519 g/mol. The molecule has 1 heterocycles. The van der Waals surface area contributed by atoms with Crippen LogP contribution in [0.4, 0.5) is 10.8 Å². The van der Waals surface area contributed by atoms with Crippen molar-refractivity contribution in [1.29, 1.82) is 0 Å². The Balaban J connectivity index is 1.34. The lowest BCUT2D eigenvalue weighted by Gasteiger charge is -2.09. The number of thioether (sulfide) groups is 1. The zero-order chi connectivity index (χ0) is 25.5. The first-order chi connectivity index (χ1) is 17.4. The van der Waals surface area contributed by atoms with Crippen molar-refractivity contribution in [3.05, 3.63) is 89.3 Å². The van der Waals surface area contributed by atoms with Gasteiger partial charge >= 0.3 is 5.97 Å². The molecule has 0 aliphatic heterocycles. The Morgan fingerprint density at radius 2 is 1.75 bits per heavy atom. The van der Waals surface area contributed by atoms with Gasteiger partial charge in [0.25, 0.3) is 5.91 Å². The van der Waals surface area contributed by atoms with Crippen molar-refractivity contribution in [3.63, 3.8) is 0 Å². The second-order valence-electron chi connectivity index (χ2n) is 7.44. The number of aromatic nitrogens is 1. The predicted octanol–water partition coefficient (Wildman–Crippen LogP) is 5.50. The Labute approximate surface area is 215 Å². The Morgan fingerprint density at radius 3 is 2.53 bits per heavy atom. The lowest BCUT2D eigenvalue weighted by molar-refractivity contribution is -0.113. The molecule has 3 N–H and O–H groups in total. The van der Waals surface area contributed by atoms with Gasteiger partial charge in [-0.25, -0.2) is 9.78 Å². The molecule has 4 rings (SSSR count). The number of thiazole rings is 1. The van der Waals surface area contributed by atoms with E-state index in [9.17, 15) is 19.5 Å². The highest BCUT2D eigenvalue weighted by atomic mass is 32.2. The van der Waals surface area contributed by atoms with Crippen LogP contribution in [-0.4, -0.2) is 40.7 Å². The van der Waals surface area contributed by atoms with Gasteiger partial charge in [0.15, 0.2) is 5.13 Å². The quantitative estimate of drug-likeness (QED) is 0.250. The summed E-state index contributed by atoms with van der Waals surface area (Å²) in [6, 6.07) is 20.5. The summed E-state index contributed by atoms with van der Waals surface area (Å²) in [6.45, 7) is 0. The molecule has 0 radical (unpaired) electrons. The van der Waals surface area contributed by atoms with Crippen molar-refractivity contribution in [3.8, 4) is 17.0 Å². The molecule has 0 saturated heterocycles. The van der Waals surface area contributed by atoms with Crippen LogP contribution in [0, 0.1) is 0 Å². The van der Waals surface area contributed by atoms with E-state index in [1.54, 1.807) is 37.4 Å². The molecule has 0 atom stereocenters. The third-order valence-corrected chi connectivity index (χ3v) is 6.73. The number of carbonyl (C=O) groups is 3. The molecule has 10 heteroatoms. The Hall–Kier alpha value is -4.15. The number of benzene rings is 3. The van der Waals surface area contributed by atoms with Crippen LogP contribution < -0.4 is 15.4 Å². The summed E-state index contributed by atoms with van der Waals surface area (Å²) in [5, 5.41) is 17.2. The minimum atomic E-state index is -1.17. The first-order valence-corrected chi connectivity index (χ1v) is 12.6. The fraction of sp³-hybridized carbons (Fsp3) is 0.0769. The number of ether oxygens (including phenoxy) is 1. The van der Waals surface area contributed by atoms with Crippen LogP contribution in [0.25, 0.3) is 11.3 Å². The SMILES string of the molecule is COc1cccc(-c2csc(NC(=O)CSc3cccc(NC(=O)c4ccccc4C(=O)O)c3)n2)c1. The molecule has 3 aromatic carbocycles. The second-order valence-corrected chi connectivity index (χ2v) is 9.35. The summed E-state index contributed by atoms with van der Waals surface area (Å²) < 4.78 is 5.24. The Bertz CT molecular complexity index is 1420. The van der Waals surface area contributed by atoms with Crippen LogP contribution >= 0.6 is 23.1 Å².